The average molecular weight is 278 g/mol. The SMILES string of the molecule is C[C@@H](c1ccc(F)c(F)c1)c1cnc(N)c(C(N)=O)n1. The molecule has 1 amide bonds. The van der Waals surface area contributed by atoms with E-state index in [9.17, 15) is 13.6 Å². The van der Waals surface area contributed by atoms with Crippen LogP contribution in [0.5, 0.6) is 0 Å². The normalized spacial score (nSPS) is 12.2. The number of hydrogen-bond donors (Lipinski definition) is 2. The maximum atomic E-state index is 13.2. The van der Waals surface area contributed by atoms with Crippen molar-refractivity contribution in [2.75, 3.05) is 5.73 Å². The molecule has 2 rings (SSSR count). The lowest BCUT2D eigenvalue weighted by Gasteiger charge is -2.12. The third-order valence-electron chi connectivity index (χ3n) is 2.94. The maximum Gasteiger partial charge on any atom is 0.271 e. The number of nitrogens with two attached hydrogens (primary N) is 2. The Labute approximate surface area is 113 Å². The average Bonchev–Trinajstić information content (AvgIpc) is 2.41. The summed E-state index contributed by atoms with van der Waals surface area (Å²) in [5, 5.41) is 0. The summed E-state index contributed by atoms with van der Waals surface area (Å²) in [7, 11) is 0. The molecule has 0 unspecified atom stereocenters. The standard InChI is InChI=1S/C13H12F2N4O/c1-6(7-2-3-8(14)9(15)4-7)10-5-18-12(16)11(19-10)13(17)20/h2-6H,1H3,(H2,16,18)(H2,17,20)/t6-/m0/s1. The fourth-order valence-corrected chi connectivity index (χ4v) is 1.75. The number of carbonyl (C=O) groups is 1. The topological polar surface area (TPSA) is 94.9 Å². The minimum absolute atomic E-state index is 0.0706. The predicted molar refractivity (Wildman–Crippen MR) is 68.8 cm³/mol. The number of amides is 1. The number of nitrogens with zero attached hydrogens (tertiary/aromatic N) is 2. The Morgan fingerprint density at radius 3 is 2.60 bits per heavy atom. The fourth-order valence-electron chi connectivity index (χ4n) is 1.75. The van der Waals surface area contributed by atoms with E-state index in [0.29, 0.717) is 11.3 Å². The first-order valence-electron chi connectivity index (χ1n) is 5.77. The lowest BCUT2D eigenvalue weighted by atomic mass is 9.98. The highest BCUT2D eigenvalue weighted by molar-refractivity contribution is 5.94. The van der Waals surface area contributed by atoms with Crippen molar-refractivity contribution in [3.05, 3.63) is 53.0 Å². The summed E-state index contributed by atoms with van der Waals surface area (Å²) in [5.41, 5.74) is 11.4. The molecule has 0 bridgehead atoms. The molecule has 0 fully saturated rings. The highest BCUT2D eigenvalue weighted by Gasteiger charge is 2.16. The molecular weight excluding hydrogens is 266 g/mol. The molecule has 0 saturated heterocycles. The van der Waals surface area contributed by atoms with Crippen molar-refractivity contribution in [1.82, 2.24) is 9.97 Å². The molecule has 0 aliphatic heterocycles. The Balaban J connectivity index is 2.42. The number of primary amides is 1. The van der Waals surface area contributed by atoms with E-state index in [1.807, 2.05) is 0 Å². The van der Waals surface area contributed by atoms with Crippen molar-refractivity contribution >= 4 is 11.7 Å². The number of halogens is 2. The van der Waals surface area contributed by atoms with Gasteiger partial charge in [-0.05, 0) is 17.7 Å². The van der Waals surface area contributed by atoms with Gasteiger partial charge in [-0.1, -0.05) is 13.0 Å². The molecule has 0 radical (unpaired) electrons. The molecule has 4 N–H and O–H groups in total. The second-order valence-electron chi connectivity index (χ2n) is 4.29. The lowest BCUT2D eigenvalue weighted by molar-refractivity contribution is 0.0996. The van der Waals surface area contributed by atoms with Crippen LogP contribution in [0.2, 0.25) is 0 Å². The van der Waals surface area contributed by atoms with E-state index in [1.165, 1.54) is 12.3 Å². The van der Waals surface area contributed by atoms with Gasteiger partial charge in [0.05, 0.1) is 11.9 Å². The lowest BCUT2D eigenvalue weighted by Crippen LogP contribution is -2.18. The Morgan fingerprint density at radius 2 is 2.00 bits per heavy atom. The molecule has 5 nitrogen and oxygen atoms in total. The van der Waals surface area contributed by atoms with Crippen LogP contribution in [0, 0.1) is 11.6 Å². The molecule has 0 aliphatic rings. The minimum Gasteiger partial charge on any atom is -0.382 e. The van der Waals surface area contributed by atoms with Crippen LogP contribution in [-0.2, 0) is 0 Å². The van der Waals surface area contributed by atoms with Crippen molar-refractivity contribution in [2.45, 2.75) is 12.8 Å². The van der Waals surface area contributed by atoms with E-state index < -0.39 is 23.5 Å². The van der Waals surface area contributed by atoms with Gasteiger partial charge in [-0.15, -0.1) is 0 Å². The van der Waals surface area contributed by atoms with Crippen LogP contribution < -0.4 is 11.5 Å². The number of carbonyl (C=O) groups excluding carboxylic acids is 1. The first-order valence-corrected chi connectivity index (χ1v) is 5.77. The van der Waals surface area contributed by atoms with Crippen LogP contribution >= 0.6 is 0 Å². The van der Waals surface area contributed by atoms with E-state index >= 15 is 0 Å². The Hall–Kier alpha value is -2.57. The van der Waals surface area contributed by atoms with Crippen LogP contribution in [0.1, 0.15) is 34.6 Å². The number of rotatable bonds is 3. The summed E-state index contributed by atoms with van der Waals surface area (Å²) >= 11 is 0. The molecule has 1 aromatic heterocycles. The molecule has 104 valence electrons. The molecule has 1 aromatic carbocycles. The van der Waals surface area contributed by atoms with Crippen LogP contribution in [0.15, 0.2) is 24.4 Å². The van der Waals surface area contributed by atoms with Gasteiger partial charge in [-0.3, -0.25) is 4.79 Å². The van der Waals surface area contributed by atoms with Gasteiger partial charge in [-0.25, -0.2) is 18.7 Å². The second-order valence-corrected chi connectivity index (χ2v) is 4.29. The molecule has 0 saturated carbocycles. The van der Waals surface area contributed by atoms with Crippen molar-refractivity contribution in [1.29, 1.82) is 0 Å². The molecule has 7 heteroatoms. The summed E-state index contributed by atoms with van der Waals surface area (Å²) in [6, 6.07) is 3.54. The van der Waals surface area contributed by atoms with Gasteiger partial charge < -0.3 is 11.5 Å². The fraction of sp³-hybridized carbons (Fsp3) is 0.154. The quantitative estimate of drug-likeness (QED) is 0.891. The molecule has 2 aromatic rings. The van der Waals surface area contributed by atoms with Crippen LogP contribution in [-0.4, -0.2) is 15.9 Å². The first kappa shape index (κ1) is 13.9. The van der Waals surface area contributed by atoms with E-state index in [2.05, 4.69) is 9.97 Å². The number of anilines is 1. The Morgan fingerprint density at radius 1 is 1.30 bits per heavy atom. The van der Waals surface area contributed by atoms with E-state index in [4.69, 9.17) is 11.5 Å². The molecule has 1 heterocycles. The van der Waals surface area contributed by atoms with Crippen molar-refractivity contribution in [2.24, 2.45) is 5.73 Å². The summed E-state index contributed by atoms with van der Waals surface area (Å²) in [6.45, 7) is 1.72. The molecule has 20 heavy (non-hydrogen) atoms. The Kier molecular flexibility index (Phi) is 3.60. The molecule has 0 aliphatic carbocycles. The van der Waals surface area contributed by atoms with Gasteiger partial charge in [0.1, 0.15) is 0 Å². The zero-order valence-corrected chi connectivity index (χ0v) is 10.6. The van der Waals surface area contributed by atoms with Crippen LogP contribution in [0.3, 0.4) is 0 Å². The van der Waals surface area contributed by atoms with Crippen LogP contribution in [0.25, 0.3) is 0 Å². The number of benzene rings is 1. The van der Waals surface area contributed by atoms with E-state index in [-0.39, 0.29) is 11.5 Å². The van der Waals surface area contributed by atoms with Gasteiger partial charge in [0.2, 0.25) is 0 Å². The summed E-state index contributed by atoms with van der Waals surface area (Å²) in [4.78, 5) is 19.0. The molecule has 0 spiro atoms. The molecular formula is C13H12F2N4O. The number of hydrogen-bond acceptors (Lipinski definition) is 4. The highest BCUT2D eigenvalue weighted by atomic mass is 19.2. The van der Waals surface area contributed by atoms with E-state index in [0.717, 1.165) is 12.1 Å². The predicted octanol–water partition coefficient (Wildman–Crippen LogP) is 1.59. The largest absolute Gasteiger partial charge is 0.382 e. The van der Waals surface area contributed by atoms with Crippen LogP contribution in [0.4, 0.5) is 14.6 Å². The summed E-state index contributed by atoms with van der Waals surface area (Å²) in [5.74, 6) is -3.14. The van der Waals surface area contributed by atoms with Crippen molar-refractivity contribution in [3.8, 4) is 0 Å². The summed E-state index contributed by atoms with van der Waals surface area (Å²) < 4.78 is 26.1. The number of aromatic nitrogens is 2. The monoisotopic (exact) mass is 278 g/mol. The smallest absolute Gasteiger partial charge is 0.271 e. The highest BCUT2D eigenvalue weighted by Crippen LogP contribution is 2.24. The third kappa shape index (κ3) is 2.56. The van der Waals surface area contributed by atoms with Gasteiger partial charge in [0.25, 0.3) is 5.91 Å². The van der Waals surface area contributed by atoms with E-state index in [1.54, 1.807) is 6.92 Å². The Bertz CT molecular complexity index is 675. The van der Waals surface area contributed by atoms with Crippen molar-refractivity contribution in [3.63, 3.8) is 0 Å². The zero-order chi connectivity index (χ0) is 14.9. The second kappa shape index (κ2) is 5.20. The zero-order valence-electron chi connectivity index (χ0n) is 10.6. The van der Waals surface area contributed by atoms with Gasteiger partial charge >= 0.3 is 0 Å². The summed E-state index contributed by atoms with van der Waals surface area (Å²) in [6.07, 6.45) is 1.37. The van der Waals surface area contributed by atoms with Gasteiger partial charge in [0, 0.05) is 5.92 Å². The first-order chi connectivity index (χ1) is 9.40. The van der Waals surface area contributed by atoms with Gasteiger partial charge in [-0.2, -0.15) is 0 Å². The van der Waals surface area contributed by atoms with Gasteiger partial charge in [0.15, 0.2) is 23.1 Å². The number of nitrogen functional groups attached to an aromatic ring is 1. The van der Waals surface area contributed by atoms with Crippen molar-refractivity contribution < 1.29 is 13.6 Å². The maximum absolute atomic E-state index is 13.2. The minimum atomic E-state index is -0.951. The third-order valence-corrected chi connectivity index (χ3v) is 2.94. The molecule has 1 atom stereocenters.